The first kappa shape index (κ1) is 17.4. The largest absolute Gasteiger partial charge is 0.506 e. The molecule has 6 nitrogen and oxygen atoms in total. The maximum absolute atomic E-state index is 12.6. The van der Waals surface area contributed by atoms with Gasteiger partial charge in [-0.2, -0.15) is 0 Å². The van der Waals surface area contributed by atoms with E-state index < -0.39 is 11.5 Å². The molecular weight excluding hydrogens is 356 g/mol. The molecule has 1 heterocycles. The third kappa shape index (κ3) is 3.43. The first-order valence-electron chi connectivity index (χ1n) is 8.60. The number of aromatic amines is 1. The smallest absolute Gasteiger partial charge is 0.265 e. The van der Waals surface area contributed by atoms with E-state index in [0.29, 0.717) is 28.1 Å². The summed E-state index contributed by atoms with van der Waals surface area (Å²) in [5.74, 6) is 0.268. The van der Waals surface area contributed by atoms with Gasteiger partial charge in [-0.15, -0.1) is 0 Å². The van der Waals surface area contributed by atoms with E-state index in [1.165, 1.54) is 0 Å². The van der Waals surface area contributed by atoms with Gasteiger partial charge < -0.3 is 20.1 Å². The molecule has 0 unspecified atom stereocenters. The highest BCUT2D eigenvalue weighted by molar-refractivity contribution is 6.08. The minimum Gasteiger partial charge on any atom is -0.506 e. The van der Waals surface area contributed by atoms with E-state index in [-0.39, 0.29) is 11.3 Å². The Morgan fingerprint density at radius 2 is 1.50 bits per heavy atom. The summed E-state index contributed by atoms with van der Waals surface area (Å²) in [5, 5.41) is 13.4. The van der Waals surface area contributed by atoms with E-state index >= 15 is 0 Å². The maximum Gasteiger partial charge on any atom is 0.265 e. The fourth-order valence-corrected chi connectivity index (χ4v) is 2.86. The van der Waals surface area contributed by atoms with E-state index in [9.17, 15) is 14.7 Å². The Labute approximate surface area is 160 Å². The summed E-state index contributed by atoms with van der Waals surface area (Å²) in [6, 6.07) is 22.8. The number of ether oxygens (including phenoxy) is 1. The lowest BCUT2D eigenvalue weighted by atomic mass is 10.1. The van der Waals surface area contributed by atoms with Crippen molar-refractivity contribution in [3.8, 4) is 17.2 Å². The predicted octanol–water partition coefficient (Wildman–Crippen LogP) is 4.28. The highest BCUT2D eigenvalue weighted by Crippen LogP contribution is 2.26. The molecule has 1 amide bonds. The number of hydrogen-bond acceptors (Lipinski definition) is 4. The van der Waals surface area contributed by atoms with Crippen molar-refractivity contribution in [2.75, 3.05) is 5.32 Å². The average molecular weight is 372 g/mol. The third-order valence-electron chi connectivity index (χ3n) is 4.21. The van der Waals surface area contributed by atoms with Crippen molar-refractivity contribution in [1.29, 1.82) is 0 Å². The number of benzene rings is 3. The molecule has 0 radical (unpaired) electrons. The molecule has 0 spiro atoms. The molecule has 0 aliphatic rings. The lowest BCUT2D eigenvalue weighted by Gasteiger charge is -2.10. The SMILES string of the molecule is O=C(Nc1ccc(Oc2ccccc2)cc1)c1c(O)c2ccccc2[nH]c1=O. The molecule has 4 aromatic rings. The Morgan fingerprint density at radius 1 is 0.857 bits per heavy atom. The molecule has 3 aromatic carbocycles. The molecule has 0 saturated heterocycles. The fraction of sp³-hybridized carbons (Fsp3) is 0. The molecule has 3 N–H and O–H groups in total. The van der Waals surface area contributed by atoms with Gasteiger partial charge in [-0.1, -0.05) is 30.3 Å². The number of nitrogens with one attached hydrogen (secondary N) is 2. The van der Waals surface area contributed by atoms with E-state index in [1.54, 1.807) is 48.5 Å². The number of anilines is 1. The molecule has 4 rings (SSSR count). The summed E-state index contributed by atoms with van der Waals surface area (Å²) in [4.78, 5) is 27.4. The third-order valence-corrected chi connectivity index (χ3v) is 4.21. The van der Waals surface area contributed by atoms with Gasteiger partial charge in [-0.25, -0.2) is 0 Å². The molecule has 0 aliphatic carbocycles. The first-order valence-corrected chi connectivity index (χ1v) is 8.60. The lowest BCUT2D eigenvalue weighted by molar-refractivity contribution is 0.102. The first-order chi connectivity index (χ1) is 13.6. The number of carbonyl (C=O) groups excluding carboxylic acids is 1. The van der Waals surface area contributed by atoms with E-state index in [1.807, 2.05) is 30.3 Å². The summed E-state index contributed by atoms with van der Waals surface area (Å²) in [7, 11) is 0. The lowest BCUT2D eigenvalue weighted by Crippen LogP contribution is -2.23. The van der Waals surface area contributed by atoms with Gasteiger partial charge in [0.15, 0.2) is 0 Å². The standard InChI is InChI=1S/C22H16N2O4/c25-20-17-8-4-5-9-18(17)24-22(27)19(20)21(26)23-14-10-12-16(13-11-14)28-15-6-2-1-3-7-15/h1-13H,(H,23,26)(H2,24,25,27). The Kier molecular flexibility index (Phi) is 4.51. The quantitative estimate of drug-likeness (QED) is 0.499. The zero-order valence-corrected chi connectivity index (χ0v) is 14.7. The minimum atomic E-state index is -0.693. The zero-order chi connectivity index (χ0) is 19.5. The summed E-state index contributed by atoms with van der Waals surface area (Å²) in [6.07, 6.45) is 0. The number of H-pyrrole nitrogens is 1. The Bertz CT molecular complexity index is 1200. The van der Waals surface area contributed by atoms with Gasteiger partial charge in [0.2, 0.25) is 0 Å². The van der Waals surface area contributed by atoms with E-state index in [0.717, 1.165) is 0 Å². The maximum atomic E-state index is 12.6. The van der Waals surface area contributed by atoms with Crippen LogP contribution in [0.4, 0.5) is 5.69 Å². The normalized spacial score (nSPS) is 10.6. The Balaban J connectivity index is 1.56. The number of hydrogen-bond donors (Lipinski definition) is 3. The van der Waals surface area contributed by atoms with Gasteiger partial charge in [0.1, 0.15) is 22.8 Å². The second-order valence-electron chi connectivity index (χ2n) is 6.12. The average Bonchev–Trinajstić information content (AvgIpc) is 2.70. The van der Waals surface area contributed by atoms with Crippen LogP contribution in [0.3, 0.4) is 0 Å². The molecule has 0 aliphatic heterocycles. The summed E-state index contributed by atoms with van der Waals surface area (Å²) >= 11 is 0. The van der Waals surface area contributed by atoms with Crippen molar-refractivity contribution in [1.82, 2.24) is 4.98 Å². The Morgan fingerprint density at radius 3 is 2.25 bits per heavy atom. The zero-order valence-electron chi connectivity index (χ0n) is 14.7. The van der Waals surface area contributed by atoms with Crippen LogP contribution < -0.4 is 15.6 Å². The highest BCUT2D eigenvalue weighted by atomic mass is 16.5. The van der Waals surface area contributed by atoms with Gasteiger partial charge in [-0.3, -0.25) is 9.59 Å². The van der Waals surface area contributed by atoms with Gasteiger partial charge in [0.25, 0.3) is 11.5 Å². The molecule has 0 bridgehead atoms. The van der Waals surface area contributed by atoms with Crippen LogP contribution in [0.25, 0.3) is 10.9 Å². The van der Waals surface area contributed by atoms with Crippen molar-refractivity contribution in [3.05, 3.63) is 94.8 Å². The monoisotopic (exact) mass is 372 g/mol. The second kappa shape index (κ2) is 7.28. The van der Waals surface area contributed by atoms with Crippen LogP contribution in [-0.2, 0) is 0 Å². The van der Waals surface area contributed by atoms with Crippen molar-refractivity contribution in [3.63, 3.8) is 0 Å². The van der Waals surface area contributed by atoms with E-state index in [4.69, 9.17) is 4.74 Å². The summed E-state index contributed by atoms with van der Waals surface area (Å²) < 4.78 is 5.70. The Hall–Kier alpha value is -4.06. The number of para-hydroxylation sites is 2. The molecular formula is C22H16N2O4. The minimum absolute atomic E-state index is 0.330. The van der Waals surface area contributed by atoms with Crippen LogP contribution in [0.15, 0.2) is 83.7 Å². The molecule has 138 valence electrons. The topological polar surface area (TPSA) is 91.4 Å². The van der Waals surface area contributed by atoms with Crippen LogP contribution >= 0.6 is 0 Å². The van der Waals surface area contributed by atoms with Gasteiger partial charge >= 0.3 is 0 Å². The van der Waals surface area contributed by atoms with Gasteiger partial charge in [0, 0.05) is 11.1 Å². The molecule has 0 fully saturated rings. The second-order valence-corrected chi connectivity index (χ2v) is 6.12. The number of aromatic nitrogens is 1. The van der Waals surface area contributed by atoms with Crippen LogP contribution in [0.5, 0.6) is 17.2 Å². The number of rotatable bonds is 4. The van der Waals surface area contributed by atoms with E-state index in [2.05, 4.69) is 10.3 Å². The molecule has 6 heteroatoms. The van der Waals surface area contributed by atoms with Crippen molar-refractivity contribution >= 4 is 22.5 Å². The molecule has 0 atom stereocenters. The predicted molar refractivity (Wildman–Crippen MR) is 107 cm³/mol. The number of amides is 1. The van der Waals surface area contributed by atoms with Crippen LogP contribution in [-0.4, -0.2) is 16.0 Å². The highest BCUT2D eigenvalue weighted by Gasteiger charge is 2.19. The number of pyridine rings is 1. The van der Waals surface area contributed by atoms with Gasteiger partial charge in [-0.05, 0) is 48.5 Å². The van der Waals surface area contributed by atoms with Crippen molar-refractivity contribution in [2.24, 2.45) is 0 Å². The summed E-state index contributed by atoms with van der Waals surface area (Å²) in [6.45, 7) is 0. The molecule has 28 heavy (non-hydrogen) atoms. The van der Waals surface area contributed by atoms with Crippen LogP contribution in [0, 0.1) is 0 Å². The van der Waals surface area contributed by atoms with Crippen molar-refractivity contribution in [2.45, 2.75) is 0 Å². The molecule has 1 aromatic heterocycles. The number of fused-ring (bicyclic) bond motifs is 1. The number of aromatic hydroxyl groups is 1. The van der Waals surface area contributed by atoms with Crippen LogP contribution in [0.1, 0.15) is 10.4 Å². The van der Waals surface area contributed by atoms with Crippen molar-refractivity contribution < 1.29 is 14.6 Å². The fourth-order valence-electron chi connectivity index (χ4n) is 2.86. The van der Waals surface area contributed by atoms with Gasteiger partial charge in [0.05, 0.1) is 5.52 Å². The number of carbonyl (C=O) groups is 1. The van der Waals surface area contributed by atoms with Crippen LogP contribution in [0.2, 0.25) is 0 Å². The summed E-state index contributed by atoms with van der Waals surface area (Å²) in [5.41, 5.74) is -0.0534. The molecule has 0 saturated carbocycles.